The molecule has 0 atom stereocenters. The van der Waals surface area contributed by atoms with Crippen molar-refractivity contribution in [2.45, 2.75) is 27.2 Å². The molecule has 1 aromatic carbocycles. The summed E-state index contributed by atoms with van der Waals surface area (Å²) in [4.78, 5) is 3.37. The number of rotatable bonds is 2. The molecule has 0 bridgehead atoms. The van der Waals surface area contributed by atoms with Crippen LogP contribution in [0.4, 0.5) is 0 Å². The van der Waals surface area contributed by atoms with E-state index in [1.807, 2.05) is 0 Å². The molecule has 0 spiro atoms. The lowest BCUT2D eigenvalue weighted by Gasteiger charge is -2.06. The molecule has 1 nitrogen and oxygen atoms in total. The van der Waals surface area contributed by atoms with Crippen LogP contribution in [0.2, 0.25) is 0 Å². The van der Waals surface area contributed by atoms with Crippen molar-refractivity contribution in [3.05, 3.63) is 45.8 Å². The van der Waals surface area contributed by atoms with Gasteiger partial charge in [0.1, 0.15) is 0 Å². The molecule has 0 amide bonds. The predicted octanol–water partition coefficient (Wildman–Crippen LogP) is 3.07. The van der Waals surface area contributed by atoms with E-state index >= 15 is 0 Å². The van der Waals surface area contributed by atoms with Gasteiger partial charge in [0.2, 0.25) is 6.54 Å². The average molecular weight is 173 g/mol. The molecule has 0 saturated heterocycles. The third-order valence-corrected chi connectivity index (χ3v) is 2.45. The minimum atomic E-state index is 0.601. The molecule has 0 heterocycles. The van der Waals surface area contributed by atoms with Crippen molar-refractivity contribution in [1.29, 1.82) is 0 Å². The van der Waals surface area contributed by atoms with Crippen molar-refractivity contribution in [2.24, 2.45) is 0 Å². The predicted molar refractivity (Wildman–Crippen MR) is 55.8 cm³/mol. The molecule has 1 aromatic rings. The highest BCUT2D eigenvalue weighted by atomic mass is 14.6. The Hall–Kier alpha value is -1.29. The highest BCUT2D eigenvalue weighted by Crippen LogP contribution is 2.15. The van der Waals surface area contributed by atoms with Gasteiger partial charge in [-0.2, -0.15) is 0 Å². The van der Waals surface area contributed by atoms with Gasteiger partial charge in [0.05, 0.1) is 0 Å². The Labute approximate surface area is 80.2 Å². The Morgan fingerprint density at radius 2 is 1.69 bits per heavy atom. The van der Waals surface area contributed by atoms with E-state index in [4.69, 9.17) is 6.57 Å². The van der Waals surface area contributed by atoms with E-state index in [0.29, 0.717) is 6.54 Å². The zero-order chi connectivity index (χ0) is 9.84. The maximum Gasteiger partial charge on any atom is 0.218 e. The third kappa shape index (κ3) is 2.32. The molecular formula is C12H15N. The van der Waals surface area contributed by atoms with Crippen LogP contribution in [0.1, 0.15) is 22.3 Å². The minimum absolute atomic E-state index is 0.601. The van der Waals surface area contributed by atoms with Crippen LogP contribution in [0.5, 0.6) is 0 Å². The Morgan fingerprint density at radius 1 is 1.08 bits per heavy atom. The first-order valence-corrected chi connectivity index (χ1v) is 4.55. The second-order valence-electron chi connectivity index (χ2n) is 3.49. The Balaban J connectivity index is 2.96. The summed E-state index contributed by atoms with van der Waals surface area (Å²) in [6, 6.07) is 4.41. The van der Waals surface area contributed by atoms with E-state index in [-0.39, 0.29) is 0 Å². The fraction of sp³-hybridized carbons (Fsp3) is 0.417. The van der Waals surface area contributed by atoms with Crippen molar-refractivity contribution >= 4 is 0 Å². The molecule has 0 saturated carbocycles. The lowest BCUT2D eigenvalue weighted by Crippen LogP contribution is -1.94. The van der Waals surface area contributed by atoms with E-state index < -0.39 is 0 Å². The van der Waals surface area contributed by atoms with Gasteiger partial charge in [-0.1, -0.05) is 12.1 Å². The first-order chi connectivity index (χ1) is 6.15. The lowest BCUT2D eigenvalue weighted by molar-refractivity contribution is 1.05. The van der Waals surface area contributed by atoms with E-state index in [9.17, 15) is 0 Å². The first kappa shape index (κ1) is 9.80. The fourth-order valence-electron chi connectivity index (χ4n) is 1.47. The molecule has 0 aliphatic carbocycles. The molecule has 13 heavy (non-hydrogen) atoms. The van der Waals surface area contributed by atoms with E-state index in [2.05, 4.69) is 37.7 Å². The molecule has 0 unspecified atom stereocenters. The molecule has 1 rings (SSSR count). The molecular weight excluding hydrogens is 158 g/mol. The molecule has 1 heteroatoms. The number of hydrogen-bond donors (Lipinski definition) is 0. The van der Waals surface area contributed by atoms with Gasteiger partial charge < -0.3 is 4.85 Å². The van der Waals surface area contributed by atoms with Crippen LogP contribution in [0.25, 0.3) is 4.85 Å². The molecule has 0 radical (unpaired) electrons. The number of nitrogens with zero attached hydrogens (tertiary/aromatic N) is 1. The summed E-state index contributed by atoms with van der Waals surface area (Å²) in [6.07, 6.45) is 0.885. The Kier molecular flexibility index (Phi) is 3.08. The van der Waals surface area contributed by atoms with Gasteiger partial charge in [-0.3, -0.25) is 0 Å². The van der Waals surface area contributed by atoms with Crippen LogP contribution in [-0.4, -0.2) is 6.54 Å². The van der Waals surface area contributed by atoms with Crippen molar-refractivity contribution in [2.75, 3.05) is 6.54 Å². The molecule has 0 N–H and O–H groups in total. The van der Waals surface area contributed by atoms with E-state index in [1.165, 1.54) is 22.3 Å². The van der Waals surface area contributed by atoms with Gasteiger partial charge in [0.15, 0.2) is 0 Å². The van der Waals surface area contributed by atoms with Crippen LogP contribution in [0.15, 0.2) is 12.1 Å². The largest absolute Gasteiger partial charge is 0.317 e. The summed E-state index contributed by atoms with van der Waals surface area (Å²) < 4.78 is 0. The van der Waals surface area contributed by atoms with Gasteiger partial charge in [-0.15, -0.1) is 0 Å². The van der Waals surface area contributed by atoms with Gasteiger partial charge in [0, 0.05) is 6.42 Å². The lowest BCUT2D eigenvalue weighted by atomic mass is 9.99. The summed E-state index contributed by atoms with van der Waals surface area (Å²) in [5, 5.41) is 0. The topological polar surface area (TPSA) is 4.36 Å². The van der Waals surface area contributed by atoms with Crippen molar-refractivity contribution in [1.82, 2.24) is 0 Å². The Bertz CT molecular complexity index is 345. The zero-order valence-electron chi connectivity index (χ0n) is 8.52. The van der Waals surface area contributed by atoms with Crippen LogP contribution in [-0.2, 0) is 6.42 Å². The van der Waals surface area contributed by atoms with Gasteiger partial charge in [-0.05, 0) is 43.0 Å². The monoisotopic (exact) mass is 173 g/mol. The molecule has 0 aromatic heterocycles. The second-order valence-corrected chi connectivity index (χ2v) is 3.49. The number of hydrogen-bond acceptors (Lipinski definition) is 0. The summed E-state index contributed by atoms with van der Waals surface area (Å²) in [7, 11) is 0. The molecule has 0 fully saturated rings. The van der Waals surface area contributed by atoms with Gasteiger partial charge in [0.25, 0.3) is 0 Å². The van der Waals surface area contributed by atoms with Crippen LogP contribution in [0.3, 0.4) is 0 Å². The average Bonchev–Trinajstić information content (AvgIpc) is 2.09. The Morgan fingerprint density at radius 3 is 2.31 bits per heavy atom. The molecule has 68 valence electrons. The standard InChI is InChI=1S/C12H15N/c1-9-7-11(3)12(5-6-13-4)8-10(9)2/h7-8H,5-6H2,1-3H3. The second kappa shape index (κ2) is 4.09. The van der Waals surface area contributed by atoms with E-state index in [0.717, 1.165) is 6.42 Å². The maximum absolute atomic E-state index is 6.74. The van der Waals surface area contributed by atoms with Gasteiger partial charge >= 0.3 is 0 Å². The van der Waals surface area contributed by atoms with Crippen LogP contribution < -0.4 is 0 Å². The number of aryl methyl sites for hydroxylation is 3. The molecule has 0 aliphatic rings. The number of benzene rings is 1. The van der Waals surface area contributed by atoms with Crippen molar-refractivity contribution in [3.63, 3.8) is 0 Å². The highest BCUT2D eigenvalue weighted by molar-refractivity contribution is 5.36. The van der Waals surface area contributed by atoms with Crippen LogP contribution >= 0.6 is 0 Å². The SMILES string of the molecule is [C-]#[N+]CCc1cc(C)c(C)cc1C. The fourth-order valence-corrected chi connectivity index (χ4v) is 1.47. The quantitative estimate of drug-likeness (QED) is 0.605. The zero-order valence-corrected chi connectivity index (χ0v) is 8.52. The highest BCUT2D eigenvalue weighted by Gasteiger charge is 2.02. The van der Waals surface area contributed by atoms with Crippen molar-refractivity contribution < 1.29 is 0 Å². The van der Waals surface area contributed by atoms with Crippen molar-refractivity contribution in [3.8, 4) is 0 Å². The normalized spacial score (nSPS) is 9.69. The maximum atomic E-state index is 6.74. The van der Waals surface area contributed by atoms with Crippen LogP contribution in [0, 0.1) is 27.3 Å². The summed E-state index contributed by atoms with van der Waals surface area (Å²) in [5.74, 6) is 0. The van der Waals surface area contributed by atoms with E-state index in [1.54, 1.807) is 0 Å². The summed E-state index contributed by atoms with van der Waals surface area (Å²) >= 11 is 0. The third-order valence-electron chi connectivity index (χ3n) is 2.45. The minimum Gasteiger partial charge on any atom is -0.317 e. The van der Waals surface area contributed by atoms with Gasteiger partial charge in [-0.25, -0.2) is 6.57 Å². The molecule has 0 aliphatic heterocycles. The smallest absolute Gasteiger partial charge is 0.218 e. The first-order valence-electron chi connectivity index (χ1n) is 4.55. The summed E-state index contributed by atoms with van der Waals surface area (Å²) in [6.45, 7) is 13.7. The summed E-state index contributed by atoms with van der Waals surface area (Å²) in [5.41, 5.74) is 5.29.